The van der Waals surface area contributed by atoms with E-state index in [-0.39, 0.29) is 0 Å². The fourth-order valence-electron chi connectivity index (χ4n) is 1.68. The van der Waals surface area contributed by atoms with Crippen LogP contribution in [0, 0.1) is 6.92 Å². The third-order valence-electron chi connectivity index (χ3n) is 2.64. The van der Waals surface area contributed by atoms with Crippen LogP contribution in [0.15, 0.2) is 24.5 Å². The molecule has 1 N–H and O–H groups in total. The van der Waals surface area contributed by atoms with Gasteiger partial charge in [-0.25, -0.2) is 9.67 Å². The topological polar surface area (TPSA) is 55.6 Å². The van der Waals surface area contributed by atoms with Crippen LogP contribution in [0.4, 0.5) is 19.6 Å². The Balaban J connectivity index is 1.92. The van der Waals surface area contributed by atoms with Crippen molar-refractivity contribution in [3.63, 3.8) is 0 Å². The van der Waals surface area contributed by atoms with Gasteiger partial charge < -0.3 is 5.32 Å². The number of thiazole rings is 1. The number of rotatable bonds is 3. The van der Waals surface area contributed by atoms with Crippen LogP contribution in [0.2, 0.25) is 0 Å². The molecule has 19 heavy (non-hydrogen) atoms. The molecule has 98 valence electrons. The van der Waals surface area contributed by atoms with Crippen molar-refractivity contribution >= 4 is 32.5 Å². The first-order valence-corrected chi connectivity index (χ1v) is 6.27. The molecule has 0 amide bonds. The number of fused-ring (bicyclic) bond motifs is 1. The van der Waals surface area contributed by atoms with E-state index in [0.29, 0.717) is 26.8 Å². The Morgan fingerprint density at radius 1 is 1.42 bits per heavy atom. The van der Waals surface area contributed by atoms with Crippen molar-refractivity contribution in [3.05, 3.63) is 30.2 Å². The van der Waals surface area contributed by atoms with E-state index in [1.54, 1.807) is 13.1 Å². The number of hydrogen-bond donors (Lipinski definition) is 1. The molecule has 0 saturated heterocycles. The highest BCUT2D eigenvalue weighted by atomic mass is 32.1. The van der Waals surface area contributed by atoms with E-state index < -0.39 is 6.55 Å². The van der Waals surface area contributed by atoms with E-state index in [9.17, 15) is 8.78 Å². The molecule has 0 aliphatic carbocycles. The molecular formula is C11H9F2N5S. The summed E-state index contributed by atoms with van der Waals surface area (Å²) < 4.78 is 26.8. The summed E-state index contributed by atoms with van der Waals surface area (Å²) in [5.74, 6) is 0. The van der Waals surface area contributed by atoms with Crippen LogP contribution in [0.25, 0.3) is 10.3 Å². The van der Waals surface area contributed by atoms with Gasteiger partial charge in [0.25, 0.3) is 0 Å². The lowest BCUT2D eigenvalue weighted by Gasteiger charge is -2.03. The Morgan fingerprint density at radius 2 is 2.26 bits per heavy atom. The Labute approximate surface area is 110 Å². The molecule has 3 aromatic heterocycles. The molecule has 8 heteroatoms. The summed E-state index contributed by atoms with van der Waals surface area (Å²) in [4.78, 5) is 8.39. The molecule has 0 fully saturated rings. The van der Waals surface area contributed by atoms with Crippen molar-refractivity contribution in [3.8, 4) is 0 Å². The van der Waals surface area contributed by atoms with E-state index >= 15 is 0 Å². The minimum absolute atomic E-state index is 0.363. The van der Waals surface area contributed by atoms with Gasteiger partial charge in [-0.2, -0.15) is 18.9 Å². The summed E-state index contributed by atoms with van der Waals surface area (Å²) in [5, 5.41) is 7.22. The average molecular weight is 281 g/mol. The highest BCUT2D eigenvalue weighted by Gasteiger charge is 2.14. The number of anilines is 2. The Hall–Kier alpha value is -2.09. The summed E-state index contributed by atoms with van der Waals surface area (Å²) in [7, 11) is 0. The van der Waals surface area contributed by atoms with Gasteiger partial charge in [-0.05, 0) is 19.1 Å². The van der Waals surface area contributed by atoms with Crippen LogP contribution in [-0.4, -0.2) is 19.7 Å². The van der Waals surface area contributed by atoms with E-state index in [2.05, 4.69) is 20.4 Å². The number of nitrogens with zero attached hydrogens (tertiary/aromatic N) is 4. The van der Waals surface area contributed by atoms with E-state index in [1.165, 1.54) is 17.5 Å². The van der Waals surface area contributed by atoms with Crippen LogP contribution in [0.5, 0.6) is 0 Å². The van der Waals surface area contributed by atoms with Crippen molar-refractivity contribution in [1.82, 2.24) is 19.7 Å². The lowest BCUT2D eigenvalue weighted by molar-refractivity contribution is 0.0545. The normalized spacial score (nSPS) is 11.4. The number of alkyl halides is 2. The maximum Gasteiger partial charge on any atom is 0.333 e. The maximum atomic E-state index is 12.6. The third kappa shape index (κ3) is 2.14. The van der Waals surface area contributed by atoms with Crippen LogP contribution in [0.3, 0.4) is 0 Å². The standard InChI is InChI=1S/C11H9F2N5S/c1-6-7(5-15-18(6)10(12)13)16-11-17-9-8(19-11)3-2-4-14-9/h2-5,10H,1H3,(H,14,16,17). The van der Waals surface area contributed by atoms with Crippen molar-refractivity contribution < 1.29 is 8.78 Å². The van der Waals surface area contributed by atoms with E-state index in [0.717, 1.165) is 4.70 Å². The van der Waals surface area contributed by atoms with Gasteiger partial charge in [0, 0.05) is 6.20 Å². The monoisotopic (exact) mass is 281 g/mol. The van der Waals surface area contributed by atoms with Crippen LogP contribution in [0.1, 0.15) is 12.2 Å². The van der Waals surface area contributed by atoms with Crippen molar-refractivity contribution in [2.75, 3.05) is 5.32 Å². The minimum atomic E-state index is -2.65. The number of nitrogens with one attached hydrogen (secondary N) is 1. The quantitative estimate of drug-likeness (QED) is 0.800. The summed E-state index contributed by atoms with van der Waals surface area (Å²) in [6, 6.07) is 3.73. The summed E-state index contributed by atoms with van der Waals surface area (Å²) >= 11 is 1.41. The minimum Gasteiger partial charge on any atom is -0.329 e. The van der Waals surface area contributed by atoms with Gasteiger partial charge in [-0.15, -0.1) is 0 Å². The SMILES string of the molecule is Cc1c(Nc2nc3ncccc3s2)cnn1C(F)F. The second-order valence-electron chi connectivity index (χ2n) is 3.84. The fourth-order valence-corrected chi connectivity index (χ4v) is 2.52. The van der Waals surface area contributed by atoms with Gasteiger partial charge in [0.15, 0.2) is 10.8 Å². The number of halogens is 2. The van der Waals surface area contributed by atoms with Crippen LogP contribution in [-0.2, 0) is 0 Å². The molecule has 0 bridgehead atoms. The first-order valence-electron chi connectivity index (χ1n) is 5.46. The highest BCUT2D eigenvalue weighted by Crippen LogP contribution is 2.28. The zero-order chi connectivity index (χ0) is 13.4. The number of pyridine rings is 1. The zero-order valence-corrected chi connectivity index (χ0v) is 10.7. The molecular weight excluding hydrogens is 272 g/mol. The fraction of sp³-hybridized carbons (Fsp3) is 0.182. The van der Waals surface area contributed by atoms with E-state index in [4.69, 9.17) is 0 Å². The summed E-state index contributed by atoms with van der Waals surface area (Å²) in [6.07, 6.45) is 3.02. The number of hydrogen-bond acceptors (Lipinski definition) is 5. The second-order valence-corrected chi connectivity index (χ2v) is 4.87. The number of aromatic nitrogens is 4. The molecule has 3 rings (SSSR count). The molecule has 3 heterocycles. The summed E-state index contributed by atoms with van der Waals surface area (Å²) in [5.41, 5.74) is 1.51. The Kier molecular flexibility index (Phi) is 2.86. The molecule has 0 saturated carbocycles. The molecule has 0 radical (unpaired) electrons. The van der Waals surface area contributed by atoms with Gasteiger partial charge in [-0.1, -0.05) is 11.3 Å². The highest BCUT2D eigenvalue weighted by molar-refractivity contribution is 7.22. The largest absolute Gasteiger partial charge is 0.333 e. The second kappa shape index (κ2) is 4.54. The molecule has 3 aromatic rings. The maximum absolute atomic E-state index is 12.6. The smallest absolute Gasteiger partial charge is 0.329 e. The zero-order valence-electron chi connectivity index (χ0n) is 9.84. The predicted molar refractivity (Wildman–Crippen MR) is 68.9 cm³/mol. The molecule has 0 aliphatic rings. The van der Waals surface area contributed by atoms with Gasteiger partial charge in [0.1, 0.15) is 0 Å². The predicted octanol–water partition coefficient (Wildman–Crippen LogP) is 3.33. The first-order chi connectivity index (χ1) is 9.15. The van der Waals surface area contributed by atoms with Crippen molar-refractivity contribution in [2.45, 2.75) is 13.5 Å². The first kappa shape index (κ1) is 12.0. The molecule has 0 atom stereocenters. The van der Waals surface area contributed by atoms with Crippen LogP contribution < -0.4 is 5.32 Å². The molecule has 0 aliphatic heterocycles. The molecule has 0 aromatic carbocycles. The third-order valence-corrected chi connectivity index (χ3v) is 3.56. The average Bonchev–Trinajstić information content (AvgIpc) is 2.94. The molecule has 0 spiro atoms. The Morgan fingerprint density at radius 3 is 2.95 bits per heavy atom. The van der Waals surface area contributed by atoms with Gasteiger partial charge in [0.05, 0.1) is 22.3 Å². The van der Waals surface area contributed by atoms with Crippen molar-refractivity contribution in [1.29, 1.82) is 0 Å². The van der Waals surface area contributed by atoms with Gasteiger partial charge in [-0.3, -0.25) is 0 Å². The van der Waals surface area contributed by atoms with Crippen LogP contribution >= 0.6 is 11.3 Å². The summed E-state index contributed by atoms with van der Waals surface area (Å²) in [6.45, 7) is -1.07. The molecule has 5 nitrogen and oxygen atoms in total. The van der Waals surface area contributed by atoms with Gasteiger partial charge >= 0.3 is 6.55 Å². The van der Waals surface area contributed by atoms with E-state index in [1.807, 2.05) is 12.1 Å². The van der Waals surface area contributed by atoms with Crippen molar-refractivity contribution in [2.24, 2.45) is 0 Å². The molecule has 0 unspecified atom stereocenters. The lowest BCUT2D eigenvalue weighted by Crippen LogP contribution is -2.02. The lowest BCUT2D eigenvalue weighted by atomic mass is 10.4. The Bertz CT molecular complexity index is 688. The van der Waals surface area contributed by atoms with Gasteiger partial charge in [0.2, 0.25) is 0 Å².